The van der Waals surface area contributed by atoms with Crippen LogP contribution in [0.25, 0.3) is 0 Å². The summed E-state index contributed by atoms with van der Waals surface area (Å²) in [5.41, 5.74) is 6.97. The van der Waals surface area contributed by atoms with Crippen LogP contribution in [0.2, 0.25) is 0 Å². The first-order valence-corrected chi connectivity index (χ1v) is 8.44. The van der Waals surface area contributed by atoms with Gasteiger partial charge >= 0.3 is 0 Å². The Hall–Kier alpha value is -1.40. The SMILES string of the molecule is CCN(CCN1CCCCCC1)C(=O)[C@@H](N)Cc1cnc[nH]1. The van der Waals surface area contributed by atoms with Gasteiger partial charge in [-0.25, -0.2) is 4.98 Å². The molecule has 22 heavy (non-hydrogen) atoms. The van der Waals surface area contributed by atoms with Crippen molar-refractivity contribution in [1.82, 2.24) is 19.8 Å². The summed E-state index contributed by atoms with van der Waals surface area (Å²) < 4.78 is 0. The van der Waals surface area contributed by atoms with Crippen molar-refractivity contribution < 1.29 is 4.79 Å². The van der Waals surface area contributed by atoms with E-state index < -0.39 is 6.04 Å². The Morgan fingerprint density at radius 1 is 1.41 bits per heavy atom. The van der Waals surface area contributed by atoms with Gasteiger partial charge in [-0.1, -0.05) is 12.8 Å². The second-order valence-electron chi connectivity index (χ2n) is 6.06. The quantitative estimate of drug-likeness (QED) is 0.788. The lowest BCUT2D eigenvalue weighted by atomic mass is 10.1. The molecule has 1 atom stereocenters. The zero-order chi connectivity index (χ0) is 15.8. The number of amides is 1. The minimum atomic E-state index is -0.496. The standard InChI is InChI=1S/C16H29N5O/c1-2-21(10-9-20-7-5-3-4-6-8-20)16(22)15(17)11-14-12-18-13-19-14/h12-13,15H,2-11,17H2,1H3,(H,18,19)/t15-/m0/s1. The minimum Gasteiger partial charge on any atom is -0.348 e. The van der Waals surface area contributed by atoms with Crippen molar-refractivity contribution in [3.8, 4) is 0 Å². The Labute approximate surface area is 133 Å². The first-order valence-electron chi connectivity index (χ1n) is 8.44. The largest absolute Gasteiger partial charge is 0.348 e. The van der Waals surface area contributed by atoms with E-state index in [1.54, 1.807) is 12.5 Å². The summed E-state index contributed by atoms with van der Waals surface area (Å²) in [5, 5.41) is 0. The van der Waals surface area contributed by atoms with Gasteiger partial charge in [0, 0.05) is 37.9 Å². The molecule has 2 rings (SSSR count). The number of carbonyl (C=O) groups excluding carboxylic acids is 1. The fourth-order valence-corrected chi connectivity index (χ4v) is 3.00. The average molecular weight is 307 g/mol. The molecular weight excluding hydrogens is 278 g/mol. The molecule has 0 radical (unpaired) electrons. The molecule has 3 N–H and O–H groups in total. The van der Waals surface area contributed by atoms with Gasteiger partial charge in [0.15, 0.2) is 0 Å². The molecule has 0 bridgehead atoms. The highest BCUT2D eigenvalue weighted by molar-refractivity contribution is 5.81. The predicted octanol–water partition coefficient (Wildman–Crippen LogP) is 1.00. The van der Waals surface area contributed by atoms with Crippen LogP contribution in [-0.2, 0) is 11.2 Å². The molecule has 1 aliphatic rings. The summed E-state index contributed by atoms with van der Waals surface area (Å²) in [6.45, 7) is 6.77. The Bertz CT molecular complexity index is 426. The van der Waals surface area contributed by atoms with Crippen molar-refractivity contribution in [1.29, 1.82) is 0 Å². The molecule has 0 aromatic carbocycles. The molecule has 0 unspecified atom stereocenters. The van der Waals surface area contributed by atoms with E-state index in [0.717, 1.165) is 31.9 Å². The van der Waals surface area contributed by atoms with E-state index in [1.807, 2.05) is 11.8 Å². The molecule has 0 saturated carbocycles. The number of hydrogen-bond acceptors (Lipinski definition) is 4. The van der Waals surface area contributed by atoms with Crippen LogP contribution in [0.5, 0.6) is 0 Å². The summed E-state index contributed by atoms with van der Waals surface area (Å²) >= 11 is 0. The van der Waals surface area contributed by atoms with E-state index >= 15 is 0 Å². The molecule has 1 aromatic heterocycles. The normalized spacial score (nSPS) is 17.9. The van der Waals surface area contributed by atoms with Gasteiger partial charge < -0.3 is 20.5 Å². The Kier molecular flexibility index (Phi) is 6.86. The number of H-pyrrole nitrogens is 1. The fourth-order valence-electron chi connectivity index (χ4n) is 3.00. The van der Waals surface area contributed by atoms with Gasteiger partial charge in [0.05, 0.1) is 12.4 Å². The number of carbonyl (C=O) groups is 1. The van der Waals surface area contributed by atoms with Gasteiger partial charge in [0.1, 0.15) is 0 Å². The van der Waals surface area contributed by atoms with Crippen LogP contribution in [0.1, 0.15) is 38.3 Å². The molecule has 1 saturated heterocycles. The van der Waals surface area contributed by atoms with Gasteiger partial charge in [0.25, 0.3) is 0 Å². The maximum atomic E-state index is 12.5. The number of aromatic nitrogens is 2. The topological polar surface area (TPSA) is 78.2 Å². The lowest BCUT2D eigenvalue weighted by Gasteiger charge is -2.28. The summed E-state index contributed by atoms with van der Waals surface area (Å²) in [6, 6.07) is -0.496. The number of nitrogens with two attached hydrogens (primary N) is 1. The van der Waals surface area contributed by atoms with E-state index in [2.05, 4.69) is 14.9 Å². The lowest BCUT2D eigenvalue weighted by Crippen LogP contribution is -2.47. The number of likely N-dealkylation sites (tertiary alicyclic amines) is 1. The molecule has 2 heterocycles. The number of rotatable bonds is 7. The van der Waals surface area contributed by atoms with Crippen molar-refractivity contribution in [3.63, 3.8) is 0 Å². The Morgan fingerprint density at radius 3 is 2.73 bits per heavy atom. The van der Waals surface area contributed by atoms with Crippen LogP contribution in [0.4, 0.5) is 0 Å². The fraction of sp³-hybridized carbons (Fsp3) is 0.750. The molecule has 6 nitrogen and oxygen atoms in total. The smallest absolute Gasteiger partial charge is 0.239 e. The van der Waals surface area contributed by atoms with Crippen molar-refractivity contribution in [2.24, 2.45) is 5.73 Å². The molecule has 1 aromatic rings. The van der Waals surface area contributed by atoms with E-state index in [9.17, 15) is 4.79 Å². The first kappa shape index (κ1) is 17.0. The molecule has 1 aliphatic heterocycles. The zero-order valence-electron chi connectivity index (χ0n) is 13.6. The highest BCUT2D eigenvalue weighted by atomic mass is 16.2. The third-order valence-corrected chi connectivity index (χ3v) is 4.39. The van der Waals surface area contributed by atoms with Crippen LogP contribution >= 0.6 is 0 Å². The predicted molar refractivity (Wildman–Crippen MR) is 87.4 cm³/mol. The molecule has 6 heteroatoms. The van der Waals surface area contributed by atoms with Crippen LogP contribution in [0.15, 0.2) is 12.5 Å². The average Bonchev–Trinajstić information content (AvgIpc) is 2.89. The number of nitrogens with zero attached hydrogens (tertiary/aromatic N) is 3. The van der Waals surface area contributed by atoms with E-state index in [1.165, 1.54) is 25.7 Å². The van der Waals surface area contributed by atoms with Crippen LogP contribution < -0.4 is 5.73 Å². The van der Waals surface area contributed by atoms with Gasteiger partial charge in [-0.05, 0) is 32.9 Å². The van der Waals surface area contributed by atoms with E-state index in [0.29, 0.717) is 13.0 Å². The lowest BCUT2D eigenvalue weighted by molar-refractivity contribution is -0.132. The molecule has 1 fully saturated rings. The number of likely N-dealkylation sites (N-methyl/N-ethyl adjacent to an activating group) is 1. The summed E-state index contributed by atoms with van der Waals surface area (Å²) in [4.78, 5) is 23.8. The second-order valence-corrected chi connectivity index (χ2v) is 6.06. The molecule has 0 spiro atoms. The maximum Gasteiger partial charge on any atom is 0.239 e. The first-order chi connectivity index (χ1) is 10.7. The maximum absolute atomic E-state index is 12.5. The second kappa shape index (κ2) is 8.90. The highest BCUT2D eigenvalue weighted by Crippen LogP contribution is 2.09. The van der Waals surface area contributed by atoms with Gasteiger partial charge in [0.2, 0.25) is 5.91 Å². The van der Waals surface area contributed by atoms with Crippen molar-refractivity contribution >= 4 is 5.91 Å². The van der Waals surface area contributed by atoms with Gasteiger partial charge in [-0.3, -0.25) is 4.79 Å². The Balaban J connectivity index is 1.80. The number of aromatic amines is 1. The highest BCUT2D eigenvalue weighted by Gasteiger charge is 2.21. The number of nitrogens with one attached hydrogen (secondary N) is 1. The molecule has 124 valence electrons. The molecular formula is C16H29N5O. The summed E-state index contributed by atoms with van der Waals surface area (Å²) in [5.74, 6) is 0.0342. The summed E-state index contributed by atoms with van der Waals surface area (Å²) in [6.07, 6.45) is 9.08. The third kappa shape index (κ3) is 5.10. The van der Waals surface area contributed by atoms with Crippen molar-refractivity contribution in [3.05, 3.63) is 18.2 Å². The van der Waals surface area contributed by atoms with E-state index in [-0.39, 0.29) is 5.91 Å². The van der Waals surface area contributed by atoms with Crippen molar-refractivity contribution in [2.75, 3.05) is 32.7 Å². The summed E-state index contributed by atoms with van der Waals surface area (Å²) in [7, 11) is 0. The number of hydrogen-bond donors (Lipinski definition) is 2. The minimum absolute atomic E-state index is 0.0342. The van der Waals surface area contributed by atoms with Crippen LogP contribution in [0.3, 0.4) is 0 Å². The number of imidazole rings is 1. The monoisotopic (exact) mass is 307 g/mol. The third-order valence-electron chi connectivity index (χ3n) is 4.39. The molecule has 1 amide bonds. The Morgan fingerprint density at radius 2 is 2.14 bits per heavy atom. The van der Waals surface area contributed by atoms with E-state index in [4.69, 9.17) is 5.73 Å². The van der Waals surface area contributed by atoms with Gasteiger partial charge in [-0.2, -0.15) is 0 Å². The van der Waals surface area contributed by atoms with Crippen LogP contribution in [0, 0.1) is 0 Å². The van der Waals surface area contributed by atoms with Crippen LogP contribution in [-0.4, -0.2) is 64.4 Å². The zero-order valence-corrected chi connectivity index (χ0v) is 13.6. The molecule has 0 aliphatic carbocycles. The van der Waals surface area contributed by atoms with Gasteiger partial charge in [-0.15, -0.1) is 0 Å². The van der Waals surface area contributed by atoms with Crippen molar-refractivity contribution in [2.45, 2.75) is 45.1 Å².